The summed E-state index contributed by atoms with van der Waals surface area (Å²) in [6.07, 6.45) is -0.318. The van der Waals surface area contributed by atoms with Crippen molar-refractivity contribution in [3.8, 4) is 0 Å². The van der Waals surface area contributed by atoms with E-state index < -0.39 is 11.7 Å². The summed E-state index contributed by atoms with van der Waals surface area (Å²) in [5.74, 6) is -0.284. The second kappa shape index (κ2) is 14.8. The number of rotatable bonds is 8. The largest absolute Gasteiger partial charge is 0.416 e. The van der Waals surface area contributed by atoms with Crippen molar-refractivity contribution >= 4 is 29.4 Å². The van der Waals surface area contributed by atoms with Crippen LogP contribution in [-0.2, 0) is 19.6 Å². The van der Waals surface area contributed by atoms with Crippen LogP contribution in [0.2, 0.25) is 0 Å². The third kappa shape index (κ3) is 8.30. The van der Waals surface area contributed by atoms with E-state index in [1.54, 1.807) is 49.5 Å². The van der Waals surface area contributed by atoms with Gasteiger partial charge in [-0.15, -0.1) is 0 Å². The van der Waals surface area contributed by atoms with Crippen LogP contribution >= 0.6 is 0 Å². The molecule has 0 spiro atoms. The molecule has 2 heterocycles. The SMILES string of the molecule is Cn1c(=O)/c(=C/c2ccc(C(=O)Nc3ccc(CCN4CCN(c5cccc(C(F)(F)F)c5)CC4)cc3)cc2)[nH]c(=O)/c1=C/c1ccccc1. The number of aromatic nitrogens is 2. The average Bonchev–Trinajstić information content (AvgIpc) is 3.12. The van der Waals surface area contributed by atoms with E-state index in [2.05, 4.69) is 15.2 Å². The molecule has 0 saturated carbocycles. The Balaban J connectivity index is 1.02. The van der Waals surface area contributed by atoms with E-state index in [9.17, 15) is 27.6 Å². The van der Waals surface area contributed by atoms with Crippen LogP contribution in [0.5, 0.6) is 0 Å². The predicted octanol–water partition coefficient (Wildman–Crippen LogP) is 4.37. The molecule has 0 radical (unpaired) electrons. The first-order chi connectivity index (χ1) is 24.0. The number of hydrogen-bond donors (Lipinski definition) is 2. The summed E-state index contributed by atoms with van der Waals surface area (Å²) in [6.45, 7) is 3.65. The molecule has 11 heteroatoms. The number of carbonyl (C=O) groups is 1. The third-order valence-corrected chi connectivity index (χ3v) is 8.80. The average molecular weight is 680 g/mol. The summed E-state index contributed by atoms with van der Waals surface area (Å²) in [4.78, 5) is 45.7. The normalized spacial score (nSPS) is 14.6. The Kier molecular flexibility index (Phi) is 10.1. The third-order valence-electron chi connectivity index (χ3n) is 8.80. The minimum atomic E-state index is -4.36. The van der Waals surface area contributed by atoms with E-state index in [1.165, 1.54) is 16.7 Å². The van der Waals surface area contributed by atoms with E-state index in [4.69, 9.17) is 0 Å². The fraction of sp³-hybridized carbons (Fsp3) is 0.205. The predicted molar refractivity (Wildman–Crippen MR) is 190 cm³/mol. The highest BCUT2D eigenvalue weighted by Gasteiger charge is 2.31. The van der Waals surface area contributed by atoms with Gasteiger partial charge in [0.25, 0.3) is 17.0 Å². The Morgan fingerprint density at radius 2 is 1.50 bits per heavy atom. The van der Waals surface area contributed by atoms with Gasteiger partial charge in [0.05, 0.1) is 5.56 Å². The molecule has 8 nitrogen and oxygen atoms in total. The molecule has 1 fully saturated rings. The first-order valence-electron chi connectivity index (χ1n) is 16.3. The van der Waals surface area contributed by atoms with E-state index >= 15 is 0 Å². The molecule has 6 rings (SSSR count). The van der Waals surface area contributed by atoms with Crippen molar-refractivity contribution in [1.82, 2.24) is 14.5 Å². The maximum atomic E-state index is 13.1. The zero-order valence-corrected chi connectivity index (χ0v) is 27.4. The van der Waals surface area contributed by atoms with Gasteiger partial charge in [-0.2, -0.15) is 13.2 Å². The van der Waals surface area contributed by atoms with Gasteiger partial charge in [-0.3, -0.25) is 19.3 Å². The molecular weight excluding hydrogens is 643 g/mol. The van der Waals surface area contributed by atoms with Gasteiger partial charge < -0.3 is 19.8 Å². The molecule has 0 unspecified atom stereocenters. The summed E-state index contributed by atoms with van der Waals surface area (Å²) >= 11 is 0. The zero-order chi connectivity index (χ0) is 35.3. The molecule has 0 aliphatic carbocycles. The van der Waals surface area contributed by atoms with Gasteiger partial charge >= 0.3 is 6.18 Å². The maximum absolute atomic E-state index is 13.1. The van der Waals surface area contributed by atoms with Crippen molar-refractivity contribution in [2.45, 2.75) is 12.6 Å². The van der Waals surface area contributed by atoms with Gasteiger partial charge in [0, 0.05) is 56.7 Å². The molecule has 1 saturated heterocycles. The lowest BCUT2D eigenvalue weighted by molar-refractivity contribution is -0.137. The maximum Gasteiger partial charge on any atom is 0.416 e. The molecule has 0 atom stereocenters. The van der Waals surface area contributed by atoms with Crippen molar-refractivity contribution in [3.05, 3.63) is 162 Å². The summed E-state index contributed by atoms with van der Waals surface area (Å²) in [6, 6.07) is 29.1. The molecule has 1 aromatic heterocycles. The second-order valence-corrected chi connectivity index (χ2v) is 12.2. The van der Waals surface area contributed by atoms with Crippen molar-refractivity contribution in [2.75, 3.05) is 42.9 Å². The number of nitrogens with zero attached hydrogens (tertiary/aromatic N) is 3. The summed E-state index contributed by atoms with van der Waals surface area (Å²) < 4.78 is 40.7. The number of nitrogens with one attached hydrogen (secondary N) is 2. The van der Waals surface area contributed by atoms with Crippen molar-refractivity contribution in [1.29, 1.82) is 0 Å². The van der Waals surface area contributed by atoms with Crippen LogP contribution in [-0.4, -0.2) is 53.1 Å². The van der Waals surface area contributed by atoms with Crippen molar-refractivity contribution < 1.29 is 18.0 Å². The van der Waals surface area contributed by atoms with E-state index in [-0.39, 0.29) is 27.7 Å². The van der Waals surface area contributed by atoms with Crippen LogP contribution in [0.15, 0.2) is 113 Å². The smallest absolute Gasteiger partial charge is 0.369 e. The molecule has 5 aromatic rings. The van der Waals surface area contributed by atoms with Crippen LogP contribution < -0.4 is 32.0 Å². The Morgan fingerprint density at radius 3 is 2.18 bits per heavy atom. The molecule has 1 aliphatic heterocycles. The van der Waals surface area contributed by atoms with Gasteiger partial charge in [-0.1, -0.05) is 60.7 Å². The van der Waals surface area contributed by atoms with Crippen LogP contribution in [0.25, 0.3) is 12.2 Å². The van der Waals surface area contributed by atoms with E-state index in [1.807, 2.05) is 59.5 Å². The molecule has 256 valence electrons. The number of anilines is 2. The van der Waals surface area contributed by atoms with Gasteiger partial charge in [-0.25, -0.2) is 0 Å². The summed E-state index contributed by atoms with van der Waals surface area (Å²) in [5.41, 5.74) is 2.87. The number of alkyl halides is 3. The van der Waals surface area contributed by atoms with Crippen molar-refractivity contribution in [3.63, 3.8) is 0 Å². The number of hydrogen-bond acceptors (Lipinski definition) is 5. The van der Waals surface area contributed by atoms with Gasteiger partial charge in [0.1, 0.15) is 10.7 Å². The number of aromatic amines is 1. The summed E-state index contributed by atoms with van der Waals surface area (Å²) in [7, 11) is 1.56. The lowest BCUT2D eigenvalue weighted by Crippen LogP contribution is -2.52. The van der Waals surface area contributed by atoms with Crippen LogP contribution in [0.4, 0.5) is 24.5 Å². The monoisotopic (exact) mass is 679 g/mol. The highest BCUT2D eigenvalue weighted by atomic mass is 19.4. The Labute approximate surface area is 286 Å². The number of halogens is 3. The highest BCUT2D eigenvalue weighted by Crippen LogP contribution is 2.32. The Bertz CT molecular complexity index is 2200. The van der Waals surface area contributed by atoms with Crippen LogP contribution in [0.3, 0.4) is 0 Å². The molecule has 4 aromatic carbocycles. The first kappa shape index (κ1) is 34.2. The van der Waals surface area contributed by atoms with Gasteiger partial charge in [-0.05, 0) is 77.7 Å². The van der Waals surface area contributed by atoms with Gasteiger partial charge in [0.15, 0.2) is 0 Å². The highest BCUT2D eigenvalue weighted by molar-refractivity contribution is 6.04. The molecule has 0 bridgehead atoms. The first-order valence-corrected chi connectivity index (χ1v) is 16.3. The Morgan fingerprint density at radius 1 is 0.820 bits per heavy atom. The lowest BCUT2D eigenvalue weighted by Gasteiger charge is -2.36. The number of H-pyrrole nitrogens is 1. The quantitative estimate of drug-likeness (QED) is 0.255. The fourth-order valence-electron chi connectivity index (χ4n) is 5.90. The minimum Gasteiger partial charge on any atom is -0.369 e. The number of amides is 1. The van der Waals surface area contributed by atoms with E-state index in [0.29, 0.717) is 35.6 Å². The number of carbonyl (C=O) groups excluding carboxylic acids is 1. The lowest BCUT2D eigenvalue weighted by atomic mass is 10.1. The van der Waals surface area contributed by atoms with Crippen molar-refractivity contribution in [2.24, 2.45) is 7.05 Å². The standard InChI is InChI=1S/C39H36F3N5O3/c1-45-35(25-28-6-3-2-4-7-28)37(49)44-34(38(45)50)24-29-10-14-30(15-11-29)36(48)43-32-16-12-27(13-17-32)18-19-46-20-22-47(23-21-46)33-9-5-8-31(26-33)39(40,41)42/h2-17,24-26H,18-23H2,1H3,(H,43,48)(H,44,49)/b34-24-,35-25-. The second-order valence-electron chi connectivity index (χ2n) is 12.2. The summed E-state index contributed by atoms with van der Waals surface area (Å²) in [5, 5.41) is 3.28. The van der Waals surface area contributed by atoms with Gasteiger partial charge in [0.2, 0.25) is 0 Å². The molecule has 1 amide bonds. The minimum absolute atomic E-state index is 0.136. The van der Waals surface area contributed by atoms with Crippen LogP contribution in [0, 0.1) is 0 Å². The Hall–Kier alpha value is -5.68. The van der Waals surface area contributed by atoms with E-state index in [0.717, 1.165) is 43.2 Å². The number of benzene rings is 4. The zero-order valence-electron chi connectivity index (χ0n) is 27.4. The number of piperazine rings is 1. The molecular formula is C39H36F3N5O3. The molecule has 50 heavy (non-hydrogen) atoms. The van der Waals surface area contributed by atoms with Crippen LogP contribution in [0.1, 0.15) is 32.6 Å². The topological polar surface area (TPSA) is 90.4 Å². The molecule has 1 aliphatic rings. The molecule has 2 N–H and O–H groups in total. The fourth-order valence-corrected chi connectivity index (χ4v) is 5.90.